The number of methoxy groups -OCH3 is 1. The van der Waals surface area contributed by atoms with E-state index in [9.17, 15) is 9.59 Å². The number of nitrogens with one attached hydrogen (secondary N) is 1. The van der Waals surface area contributed by atoms with Gasteiger partial charge in [-0.2, -0.15) is 0 Å². The number of aliphatic carboxylic acids is 1. The second-order valence-corrected chi connectivity index (χ2v) is 4.47. The Labute approximate surface area is 117 Å². The van der Waals surface area contributed by atoms with Crippen LogP contribution in [0.1, 0.15) is 13.3 Å². The molecule has 2 N–H and O–H groups in total. The van der Waals surface area contributed by atoms with Gasteiger partial charge in [-0.1, -0.05) is 6.92 Å². The first kappa shape index (κ1) is 15.8. The highest BCUT2D eigenvalue weighted by Gasteiger charge is 2.09. The zero-order valence-electron chi connectivity index (χ0n) is 11.6. The Morgan fingerprint density at radius 1 is 1.25 bits per heavy atom. The van der Waals surface area contributed by atoms with Crippen LogP contribution in [0.2, 0.25) is 0 Å². The molecule has 0 saturated heterocycles. The van der Waals surface area contributed by atoms with Crippen LogP contribution in [0, 0.1) is 5.92 Å². The van der Waals surface area contributed by atoms with Gasteiger partial charge in [0.25, 0.3) is 5.91 Å². The number of carboxylic acids is 1. The maximum atomic E-state index is 11.5. The topological polar surface area (TPSA) is 84.9 Å². The maximum absolute atomic E-state index is 11.5. The fourth-order valence-corrected chi connectivity index (χ4v) is 1.53. The molecule has 1 aromatic rings. The van der Waals surface area contributed by atoms with Gasteiger partial charge in [-0.25, -0.2) is 0 Å². The predicted molar refractivity (Wildman–Crippen MR) is 72.9 cm³/mol. The van der Waals surface area contributed by atoms with Crippen molar-refractivity contribution in [1.29, 1.82) is 0 Å². The van der Waals surface area contributed by atoms with E-state index in [1.165, 1.54) is 0 Å². The first-order chi connectivity index (χ1) is 9.51. The normalized spacial score (nSPS) is 11.5. The molecule has 1 rings (SSSR count). The number of carboxylic acid groups (broad SMARTS) is 1. The third-order valence-corrected chi connectivity index (χ3v) is 2.60. The summed E-state index contributed by atoms with van der Waals surface area (Å²) in [6.45, 7) is 1.97. The van der Waals surface area contributed by atoms with Crippen LogP contribution in [0.5, 0.6) is 11.5 Å². The molecule has 0 saturated carbocycles. The first-order valence-electron chi connectivity index (χ1n) is 6.26. The molecule has 1 atom stereocenters. The molecule has 1 aromatic carbocycles. The molecule has 6 nitrogen and oxygen atoms in total. The molecule has 0 heterocycles. The van der Waals surface area contributed by atoms with Gasteiger partial charge < -0.3 is 19.9 Å². The van der Waals surface area contributed by atoms with Crippen molar-refractivity contribution in [1.82, 2.24) is 5.32 Å². The van der Waals surface area contributed by atoms with Gasteiger partial charge >= 0.3 is 5.97 Å². The van der Waals surface area contributed by atoms with Gasteiger partial charge in [0.05, 0.1) is 7.11 Å². The lowest BCUT2D eigenvalue weighted by molar-refractivity contribution is -0.138. The first-order valence-corrected chi connectivity index (χ1v) is 6.26. The predicted octanol–water partition coefficient (Wildman–Crippen LogP) is 1.30. The Balaban J connectivity index is 2.26. The van der Waals surface area contributed by atoms with Gasteiger partial charge in [0.2, 0.25) is 0 Å². The van der Waals surface area contributed by atoms with Crippen LogP contribution < -0.4 is 14.8 Å². The van der Waals surface area contributed by atoms with Crippen molar-refractivity contribution in [2.75, 3.05) is 20.3 Å². The van der Waals surface area contributed by atoms with Gasteiger partial charge in [-0.05, 0) is 30.2 Å². The lowest BCUT2D eigenvalue weighted by Crippen LogP contribution is -2.33. The van der Waals surface area contributed by atoms with E-state index >= 15 is 0 Å². The molecule has 0 aliphatic carbocycles. The van der Waals surface area contributed by atoms with Crippen molar-refractivity contribution in [3.8, 4) is 11.5 Å². The van der Waals surface area contributed by atoms with Crippen LogP contribution in [0.4, 0.5) is 0 Å². The highest BCUT2D eigenvalue weighted by Crippen LogP contribution is 2.16. The van der Waals surface area contributed by atoms with Crippen LogP contribution in [0.3, 0.4) is 0 Å². The molecule has 0 spiro atoms. The van der Waals surface area contributed by atoms with E-state index in [4.69, 9.17) is 14.6 Å². The minimum atomic E-state index is -0.874. The van der Waals surface area contributed by atoms with Crippen LogP contribution >= 0.6 is 0 Å². The third kappa shape index (κ3) is 6.08. The summed E-state index contributed by atoms with van der Waals surface area (Å²) in [6, 6.07) is 6.89. The van der Waals surface area contributed by atoms with E-state index in [-0.39, 0.29) is 24.9 Å². The highest BCUT2D eigenvalue weighted by atomic mass is 16.5. The summed E-state index contributed by atoms with van der Waals surface area (Å²) in [5, 5.41) is 11.2. The van der Waals surface area contributed by atoms with E-state index in [1.807, 2.05) is 0 Å². The van der Waals surface area contributed by atoms with E-state index in [2.05, 4.69) is 5.32 Å². The summed E-state index contributed by atoms with van der Waals surface area (Å²) in [6.07, 6.45) is 0.0274. The average Bonchev–Trinajstić information content (AvgIpc) is 2.42. The Hall–Kier alpha value is -2.24. The lowest BCUT2D eigenvalue weighted by atomic mass is 10.1. The van der Waals surface area contributed by atoms with Crippen LogP contribution in [-0.4, -0.2) is 37.2 Å². The molecule has 110 valence electrons. The summed E-state index contributed by atoms with van der Waals surface area (Å²) >= 11 is 0. The molecule has 0 aromatic heterocycles. The Morgan fingerprint density at radius 2 is 1.85 bits per heavy atom. The number of ether oxygens (including phenoxy) is 2. The SMILES string of the molecule is COc1ccc(OCC(=O)NCC(C)CC(=O)O)cc1. The Bertz CT molecular complexity index is 443. The molecule has 0 aliphatic rings. The van der Waals surface area contributed by atoms with E-state index in [1.54, 1.807) is 38.3 Å². The monoisotopic (exact) mass is 281 g/mol. The molecule has 6 heteroatoms. The smallest absolute Gasteiger partial charge is 0.303 e. The van der Waals surface area contributed by atoms with Gasteiger partial charge in [-0.15, -0.1) is 0 Å². The standard InChI is InChI=1S/C14H19NO5/c1-10(7-14(17)18)8-15-13(16)9-20-12-5-3-11(19-2)4-6-12/h3-6,10H,7-9H2,1-2H3,(H,15,16)(H,17,18). The average molecular weight is 281 g/mol. The Kier molecular flexibility index (Phi) is 6.36. The number of carbonyl (C=O) groups is 2. The summed E-state index contributed by atoms with van der Waals surface area (Å²) in [5.41, 5.74) is 0. The van der Waals surface area contributed by atoms with Crippen molar-refractivity contribution in [3.63, 3.8) is 0 Å². The number of carbonyl (C=O) groups excluding carboxylic acids is 1. The van der Waals surface area contributed by atoms with Crippen LogP contribution in [-0.2, 0) is 9.59 Å². The molecule has 20 heavy (non-hydrogen) atoms. The highest BCUT2D eigenvalue weighted by molar-refractivity contribution is 5.77. The number of hydrogen-bond donors (Lipinski definition) is 2. The van der Waals surface area contributed by atoms with E-state index < -0.39 is 5.97 Å². The molecule has 0 fully saturated rings. The summed E-state index contributed by atoms with van der Waals surface area (Å²) in [4.78, 5) is 22.0. The van der Waals surface area contributed by atoms with Crippen molar-refractivity contribution in [2.24, 2.45) is 5.92 Å². The summed E-state index contributed by atoms with van der Waals surface area (Å²) < 4.78 is 10.3. The zero-order valence-corrected chi connectivity index (χ0v) is 11.6. The summed E-state index contributed by atoms with van der Waals surface area (Å²) in [5.74, 6) is 0.0144. The van der Waals surface area contributed by atoms with Gasteiger partial charge in [0.1, 0.15) is 11.5 Å². The van der Waals surface area contributed by atoms with Gasteiger partial charge in [0.15, 0.2) is 6.61 Å². The molecule has 0 bridgehead atoms. The van der Waals surface area contributed by atoms with Crippen LogP contribution in [0.15, 0.2) is 24.3 Å². The quantitative estimate of drug-likeness (QED) is 0.750. The van der Waals surface area contributed by atoms with E-state index in [0.717, 1.165) is 0 Å². The van der Waals surface area contributed by atoms with Crippen molar-refractivity contribution < 1.29 is 24.2 Å². The molecular formula is C14H19NO5. The number of hydrogen-bond acceptors (Lipinski definition) is 4. The molecular weight excluding hydrogens is 262 g/mol. The second kappa shape index (κ2) is 8.04. The maximum Gasteiger partial charge on any atom is 0.303 e. The fraction of sp³-hybridized carbons (Fsp3) is 0.429. The largest absolute Gasteiger partial charge is 0.497 e. The zero-order chi connectivity index (χ0) is 15.0. The van der Waals surface area contributed by atoms with Crippen molar-refractivity contribution >= 4 is 11.9 Å². The van der Waals surface area contributed by atoms with Crippen molar-refractivity contribution in [2.45, 2.75) is 13.3 Å². The molecule has 1 unspecified atom stereocenters. The molecule has 1 amide bonds. The van der Waals surface area contributed by atoms with Crippen LogP contribution in [0.25, 0.3) is 0 Å². The second-order valence-electron chi connectivity index (χ2n) is 4.47. The Morgan fingerprint density at radius 3 is 2.40 bits per heavy atom. The lowest BCUT2D eigenvalue weighted by Gasteiger charge is -2.11. The van der Waals surface area contributed by atoms with Gasteiger partial charge in [-0.3, -0.25) is 9.59 Å². The van der Waals surface area contributed by atoms with Gasteiger partial charge in [0, 0.05) is 13.0 Å². The molecule has 0 radical (unpaired) electrons. The third-order valence-electron chi connectivity index (χ3n) is 2.60. The molecule has 0 aliphatic heterocycles. The number of rotatable bonds is 8. The minimum absolute atomic E-state index is 0.0274. The summed E-state index contributed by atoms with van der Waals surface area (Å²) in [7, 11) is 1.57. The van der Waals surface area contributed by atoms with Crippen molar-refractivity contribution in [3.05, 3.63) is 24.3 Å². The minimum Gasteiger partial charge on any atom is -0.497 e. The number of amides is 1. The van der Waals surface area contributed by atoms with E-state index in [0.29, 0.717) is 18.0 Å². The fourth-order valence-electron chi connectivity index (χ4n) is 1.53. The number of benzene rings is 1.